The van der Waals surface area contributed by atoms with Crippen molar-refractivity contribution in [1.82, 2.24) is 9.97 Å². The number of aromatic nitrogens is 2. The van der Waals surface area contributed by atoms with Crippen molar-refractivity contribution >= 4 is 7.14 Å². The topological polar surface area (TPSA) is 63.1 Å². The fraction of sp³-hybridized carbons (Fsp3) is 0.238. The fourth-order valence-electron chi connectivity index (χ4n) is 2.95. The van der Waals surface area contributed by atoms with Crippen LogP contribution >= 0.6 is 7.14 Å². The van der Waals surface area contributed by atoms with Crippen LogP contribution in [-0.2, 0) is 17.4 Å². The van der Waals surface area contributed by atoms with Crippen LogP contribution in [0.4, 0.5) is 0 Å². The number of aliphatic hydroxyl groups excluding tert-OH is 1. The molecule has 0 aliphatic heterocycles. The highest BCUT2D eigenvalue weighted by atomic mass is 31.2. The van der Waals surface area contributed by atoms with Crippen LogP contribution in [0.3, 0.4) is 0 Å². The summed E-state index contributed by atoms with van der Waals surface area (Å²) in [7, 11) is -2.89. The van der Waals surface area contributed by atoms with E-state index < -0.39 is 13.0 Å². The molecule has 134 valence electrons. The molecular formula is C21H23N2O2P. The summed E-state index contributed by atoms with van der Waals surface area (Å²) in [5, 5.41) is 10.9. The summed E-state index contributed by atoms with van der Waals surface area (Å²) in [5.74, 6) is -0.962. The molecule has 1 atom stereocenters. The van der Waals surface area contributed by atoms with Crippen molar-refractivity contribution in [2.45, 2.75) is 18.7 Å². The summed E-state index contributed by atoms with van der Waals surface area (Å²) in [6.07, 6.45) is 5.50. The van der Waals surface area contributed by atoms with Gasteiger partial charge in [0.1, 0.15) is 13.0 Å². The van der Waals surface area contributed by atoms with Crippen LogP contribution in [0.1, 0.15) is 22.8 Å². The first-order valence-corrected chi connectivity index (χ1v) is 10.9. The molecule has 0 aliphatic carbocycles. The number of pyridine rings is 2. The van der Waals surface area contributed by atoms with E-state index in [9.17, 15) is 9.67 Å². The molecule has 2 heterocycles. The van der Waals surface area contributed by atoms with Crippen LogP contribution in [0, 0.1) is 0 Å². The number of hydrogen-bond acceptors (Lipinski definition) is 4. The van der Waals surface area contributed by atoms with E-state index in [-0.39, 0.29) is 0 Å². The number of hydrogen-bond donors (Lipinski definition) is 1. The number of aliphatic hydroxyl groups is 1. The molecule has 0 saturated carbocycles. The Hall–Kier alpha value is -2.29. The van der Waals surface area contributed by atoms with Gasteiger partial charge in [-0.25, -0.2) is 0 Å². The van der Waals surface area contributed by atoms with Gasteiger partial charge in [0.15, 0.2) is 0 Å². The molecule has 3 rings (SSSR count). The molecule has 1 aromatic carbocycles. The molecular weight excluding hydrogens is 343 g/mol. The molecule has 0 aliphatic rings. The molecule has 26 heavy (non-hydrogen) atoms. The van der Waals surface area contributed by atoms with Crippen molar-refractivity contribution in [3.63, 3.8) is 0 Å². The number of rotatable bonds is 8. The molecule has 5 heteroatoms. The van der Waals surface area contributed by atoms with Gasteiger partial charge >= 0.3 is 0 Å². The van der Waals surface area contributed by atoms with Gasteiger partial charge < -0.3 is 9.67 Å². The summed E-state index contributed by atoms with van der Waals surface area (Å²) in [5.41, 5.74) is 2.49. The van der Waals surface area contributed by atoms with E-state index in [1.165, 1.54) is 0 Å². The van der Waals surface area contributed by atoms with Crippen molar-refractivity contribution in [2.24, 2.45) is 0 Å². The largest absolute Gasteiger partial charge is 0.381 e. The predicted octanol–water partition coefficient (Wildman–Crippen LogP) is 4.32. The first kappa shape index (κ1) is 18.5. The molecule has 2 aromatic heterocycles. The van der Waals surface area contributed by atoms with Crippen LogP contribution < -0.4 is 0 Å². The van der Waals surface area contributed by atoms with Crippen LogP contribution in [0.15, 0.2) is 79.1 Å². The van der Waals surface area contributed by atoms with Crippen LogP contribution in [0.5, 0.6) is 0 Å². The van der Waals surface area contributed by atoms with Crippen molar-refractivity contribution in [3.05, 3.63) is 96.1 Å². The van der Waals surface area contributed by atoms with Gasteiger partial charge in [0, 0.05) is 36.1 Å². The molecule has 0 fully saturated rings. The molecule has 0 saturated heterocycles. The van der Waals surface area contributed by atoms with E-state index in [0.29, 0.717) is 30.7 Å². The minimum Gasteiger partial charge on any atom is -0.381 e. The van der Waals surface area contributed by atoms with Crippen LogP contribution in [0.2, 0.25) is 0 Å². The van der Waals surface area contributed by atoms with Gasteiger partial charge in [0.2, 0.25) is 0 Å². The minimum absolute atomic E-state index is 0.424. The van der Waals surface area contributed by atoms with Gasteiger partial charge in [-0.2, -0.15) is 0 Å². The summed E-state index contributed by atoms with van der Waals surface area (Å²) in [4.78, 5) is 8.63. The standard InChI is InChI=1S/C21H23N2O2P/c24-21(18-8-2-1-3-9-18)26(25,16-12-19-10-4-6-14-22-19)17-13-20-11-5-7-15-23-20/h1-11,14-15,21,24H,12-13,16-17H2. The van der Waals surface area contributed by atoms with E-state index in [2.05, 4.69) is 9.97 Å². The van der Waals surface area contributed by atoms with Crippen molar-refractivity contribution in [1.29, 1.82) is 0 Å². The molecule has 3 aromatic rings. The SMILES string of the molecule is O=P(CCc1ccccn1)(CCc1ccccn1)C(O)c1ccccc1. The van der Waals surface area contributed by atoms with E-state index in [1.807, 2.05) is 66.7 Å². The lowest BCUT2D eigenvalue weighted by Gasteiger charge is -2.24. The molecule has 4 nitrogen and oxygen atoms in total. The lowest BCUT2D eigenvalue weighted by Crippen LogP contribution is -2.10. The number of nitrogens with zero attached hydrogens (tertiary/aromatic N) is 2. The molecule has 0 spiro atoms. The Bertz CT molecular complexity index is 794. The molecule has 1 N–H and O–H groups in total. The van der Waals surface area contributed by atoms with Crippen LogP contribution in [0.25, 0.3) is 0 Å². The van der Waals surface area contributed by atoms with E-state index in [4.69, 9.17) is 0 Å². The van der Waals surface area contributed by atoms with Crippen molar-refractivity contribution in [2.75, 3.05) is 12.3 Å². The molecule has 0 bridgehead atoms. The Kier molecular flexibility index (Phi) is 6.32. The number of benzene rings is 1. The Balaban J connectivity index is 1.78. The van der Waals surface area contributed by atoms with Crippen LogP contribution in [-0.4, -0.2) is 27.4 Å². The Morgan fingerprint density at radius 2 is 1.27 bits per heavy atom. The molecule has 0 radical (unpaired) electrons. The van der Waals surface area contributed by atoms with Gasteiger partial charge in [0.05, 0.1) is 0 Å². The normalized spacial score (nSPS) is 12.7. The summed E-state index contributed by atoms with van der Waals surface area (Å²) >= 11 is 0. The average molecular weight is 366 g/mol. The second-order valence-corrected chi connectivity index (χ2v) is 9.61. The van der Waals surface area contributed by atoms with E-state index in [1.54, 1.807) is 12.4 Å². The van der Waals surface area contributed by atoms with Gasteiger partial charge in [0.25, 0.3) is 0 Å². The average Bonchev–Trinajstić information content (AvgIpc) is 2.72. The van der Waals surface area contributed by atoms with E-state index >= 15 is 0 Å². The Morgan fingerprint density at radius 3 is 1.73 bits per heavy atom. The summed E-state index contributed by atoms with van der Waals surface area (Å²) < 4.78 is 13.8. The highest BCUT2D eigenvalue weighted by Crippen LogP contribution is 2.58. The lowest BCUT2D eigenvalue weighted by atomic mass is 10.2. The minimum atomic E-state index is -2.89. The zero-order valence-corrected chi connectivity index (χ0v) is 15.5. The predicted molar refractivity (Wildman–Crippen MR) is 105 cm³/mol. The quantitative estimate of drug-likeness (QED) is 0.603. The first-order chi connectivity index (χ1) is 12.7. The van der Waals surface area contributed by atoms with Gasteiger partial charge in [-0.15, -0.1) is 0 Å². The highest BCUT2D eigenvalue weighted by Gasteiger charge is 2.32. The smallest absolute Gasteiger partial charge is 0.132 e. The van der Waals surface area contributed by atoms with Crippen molar-refractivity contribution < 1.29 is 9.67 Å². The zero-order valence-electron chi connectivity index (χ0n) is 14.6. The second-order valence-electron chi connectivity index (χ2n) is 6.33. The first-order valence-electron chi connectivity index (χ1n) is 8.78. The molecule has 1 unspecified atom stereocenters. The third-order valence-corrected chi connectivity index (χ3v) is 7.64. The third kappa shape index (κ3) is 4.87. The lowest BCUT2D eigenvalue weighted by molar-refractivity contribution is 0.252. The fourth-order valence-corrected chi connectivity index (χ4v) is 5.60. The van der Waals surface area contributed by atoms with Crippen molar-refractivity contribution in [3.8, 4) is 0 Å². The number of aryl methyl sites for hydroxylation is 2. The molecule has 0 amide bonds. The van der Waals surface area contributed by atoms with Gasteiger partial charge in [-0.3, -0.25) is 9.97 Å². The van der Waals surface area contributed by atoms with Gasteiger partial charge in [-0.05, 0) is 42.7 Å². The Labute approximate surface area is 154 Å². The monoisotopic (exact) mass is 366 g/mol. The maximum Gasteiger partial charge on any atom is 0.132 e. The zero-order chi connectivity index (χ0) is 18.2. The highest BCUT2D eigenvalue weighted by molar-refractivity contribution is 7.64. The summed E-state index contributed by atoms with van der Waals surface area (Å²) in [6, 6.07) is 20.7. The summed E-state index contributed by atoms with van der Waals surface area (Å²) in [6.45, 7) is 0. The maximum atomic E-state index is 13.8. The van der Waals surface area contributed by atoms with Gasteiger partial charge in [-0.1, -0.05) is 42.5 Å². The Morgan fingerprint density at radius 1 is 0.769 bits per heavy atom. The maximum absolute atomic E-state index is 13.8. The second kappa shape index (κ2) is 8.88. The third-order valence-electron chi connectivity index (χ3n) is 4.49. The van der Waals surface area contributed by atoms with E-state index in [0.717, 1.165) is 11.4 Å².